The predicted molar refractivity (Wildman–Crippen MR) is 132 cm³/mol. The quantitative estimate of drug-likeness (QED) is 0.419. The van der Waals surface area contributed by atoms with Crippen molar-refractivity contribution in [2.24, 2.45) is 0 Å². The molecule has 4 nitrogen and oxygen atoms in total. The van der Waals surface area contributed by atoms with Crippen LogP contribution in [0.2, 0.25) is 0 Å². The van der Waals surface area contributed by atoms with Gasteiger partial charge in [-0.3, -0.25) is 0 Å². The summed E-state index contributed by atoms with van der Waals surface area (Å²) < 4.78 is 5.82. The Morgan fingerprint density at radius 3 is 2.00 bits per heavy atom. The van der Waals surface area contributed by atoms with E-state index in [1.807, 2.05) is 37.4 Å². The van der Waals surface area contributed by atoms with Crippen LogP contribution in [0.3, 0.4) is 0 Å². The molecular formula is C28H33NO3. The van der Waals surface area contributed by atoms with Crippen molar-refractivity contribution < 1.29 is 14.9 Å². The summed E-state index contributed by atoms with van der Waals surface area (Å²) in [7, 11) is 1.98. The van der Waals surface area contributed by atoms with Crippen molar-refractivity contribution in [3.8, 4) is 11.5 Å². The van der Waals surface area contributed by atoms with E-state index in [9.17, 15) is 10.2 Å². The van der Waals surface area contributed by atoms with Crippen molar-refractivity contribution in [2.75, 3.05) is 26.7 Å². The van der Waals surface area contributed by atoms with E-state index in [1.165, 1.54) is 11.1 Å². The Hall–Kier alpha value is -3.08. The number of nitrogens with zero attached hydrogens (tertiary/aromatic N) is 1. The van der Waals surface area contributed by atoms with E-state index in [0.717, 1.165) is 35.4 Å². The van der Waals surface area contributed by atoms with Gasteiger partial charge in [0.15, 0.2) is 0 Å². The van der Waals surface area contributed by atoms with Crippen molar-refractivity contribution >= 4 is 11.1 Å². The Labute approximate surface area is 191 Å². The fourth-order valence-electron chi connectivity index (χ4n) is 3.76. The maximum Gasteiger partial charge on any atom is 0.119 e. The number of aliphatic hydroxyl groups excluding tert-OH is 1. The van der Waals surface area contributed by atoms with E-state index in [0.29, 0.717) is 6.54 Å². The number of phenols is 1. The molecular weight excluding hydrogens is 398 g/mol. The molecule has 0 heterocycles. The summed E-state index contributed by atoms with van der Waals surface area (Å²) in [6, 6.07) is 25.8. The molecule has 1 unspecified atom stereocenters. The second-order valence-corrected chi connectivity index (χ2v) is 7.96. The molecule has 3 aromatic rings. The van der Waals surface area contributed by atoms with Gasteiger partial charge in [-0.1, -0.05) is 68.4 Å². The van der Waals surface area contributed by atoms with Crippen molar-refractivity contribution in [1.29, 1.82) is 0 Å². The second kappa shape index (κ2) is 11.5. The lowest BCUT2D eigenvalue weighted by Gasteiger charge is -2.19. The lowest BCUT2D eigenvalue weighted by atomic mass is 9.88. The zero-order chi connectivity index (χ0) is 22.9. The third-order valence-corrected chi connectivity index (χ3v) is 5.58. The molecule has 0 aromatic heterocycles. The average molecular weight is 432 g/mol. The summed E-state index contributed by atoms with van der Waals surface area (Å²) in [6.45, 7) is 5.95. The van der Waals surface area contributed by atoms with Crippen LogP contribution in [0.1, 0.15) is 37.0 Å². The normalized spacial score (nSPS) is 13.0. The Morgan fingerprint density at radius 1 is 0.844 bits per heavy atom. The zero-order valence-corrected chi connectivity index (χ0v) is 19.2. The van der Waals surface area contributed by atoms with Gasteiger partial charge in [-0.25, -0.2) is 0 Å². The Balaban J connectivity index is 1.91. The van der Waals surface area contributed by atoms with E-state index in [4.69, 9.17) is 4.74 Å². The molecule has 0 saturated heterocycles. The van der Waals surface area contributed by atoms with E-state index in [2.05, 4.69) is 55.1 Å². The van der Waals surface area contributed by atoms with Crippen LogP contribution in [-0.4, -0.2) is 48.0 Å². The standard InChI is InChI=1S/C28H33NO3/c1-4-27(21-9-7-6-8-10-21)28(22-11-15-24(30)16-12-22)23-13-17-26(18-14-23)32-20-25(31)19-29(3)5-2/h6-18,25,30-31H,4-5,19-20H2,1-3H3. The van der Waals surface area contributed by atoms with Gasteiger partial charge in [0.2, 0.25) is 0 Å². The van der Waals surface area contributed by atoms with Gasteiger partial charge in [0.1, 0.15) is 24.2 Å². The van der Waals surface area contributed by atoms with Gasteiger partial charge in [0, 0.05) is 6.54 Å². The van der Waals surface area contributed by atoms with E-state index in [-0.39, 0.29) is 12.4 Å². The maximum absolute atomic E-state index is 10.2. The number of phenolic OH excluding ortho intramolecular Hbond substituents is 1. The van der Waals surface area contributed by atoms with E-state index >= 15 is 0 Å². The average Bonchev–Trinajstić information content (AvgIpc) is 2.83. The molecule has 0 radical (unpaired) electrons. The molecule has 32 heavy (non-hydrogen) atoms. The molecule has 168 valence electrons. The van der Waals surface area contributed by atoms with E-state index in [1.54, 1.807) is 12.1 Å². The summed E-state index contributed by atoms with van der Waals surface area (Å²) in [4.78, 5) is 2.06. The van der Waals surface area contributed by atoms with E-state index < -0.39 is 6.10 Å². The third kappa shape index (κ3) is 6.22. The summed E-state index contributed by atoms with van der Waals surface area (Å²) in [5, 5.41) is 19.9. The molecule has 4 heteroatoms. The number of hydrogen-bond donors (Lipinski definition) is 2. The molecule has 0 amide bonds. The molecule has 0 spiro atoms. The molecule has 0 aliphatic heterocycles. The number of allylic oxidation sites excluding steroid dienone is 1. The molecule has 0 aliphatic rings. The van der Waals surface area contributed by atoms with Crippen molar-refractivity contribution in [1.82, 2.24) is 4.90 Å². The minimum Gasteiger partial charge on any atom is -0.508 e. The first-order valence-electron chi connectivity index (χ1n) is 11.2. The minimum absolute atomic E-state index is 0.252. The zero-order valence-electron chi connectivity index (χ0n) is 19.2. The molecule has 2 N–H and O–H groups in total. The van der Waals surface area contributed by atoms with Gasteiger partial charge in [-0.2, -0.15) is 0 Å². The first-order valence-corrected chi connectivity index (χ1v) is 11.2. The molecule has 3 rings (SSSR count). The highest BCUT2D eigenvalue weighted by Gasteiger charge is 2.14. The minimum atomic E-state index is -0.531. The number of aromatic hydroxyl groups is 1. The Kier molecular flexibility index (Phi) is 8.48. The molecule has 0 bridgehead atoms. The monoisotopic (exact) mass is 431 g/mol. The SMILES string of the molecule is CCC(=C(c1ccc(O)cc1)c1ccc(OCC(O)CN(C)CC)cc1)c1ccccc1. The number of likely N-dealkylation sites (N-methyl/N-ethyl adjacent to an activating group) is 1. The maximum atomic E-state index is 10.2. The van der Waals surface area contributed by atoms with Crippen LogP contribution < -0.4 is 4.74 Å². The van der Waals surface area contributed by atoms with Crippen LogP contribution in [0, 0.1) is 0 Å². The van der Waals surface area contributed by atoms with Gasteiger partial charge in [0.05, 0.1) is 0 Å². The fourth-order valence-corrected chi connectivity index (χ4v) is 3.76. The molecule has 3 aromatic carbocycles. The highest BCUT2D eigenvalue weighted by Crippen LogP contribution is 2.35. The van der Waals surface area contributed by atoms with Crippen LogP contribution in [0.25, 0.3) is 11.1 Å². The van der Waals surface area contributed by atoms with Crippen molar-refractivity contribution in [3.05, 3.63) is 95.6 Å². The molecule has 0 aliphatic carbocycles. The number of rotatable bonds is 10. The van der Waals surface area contributed by atoms with Crippen molar-refractivity contribution in [3.63, 3.8) is 0 Å². The van der Waals surface area contributed by atoms with Gasteiger partial charge in [0.25, 0.3) is 0 Å². The third-order valence-electron chi connectivity index (χ3n) is 5.58. The topological polar surface area (TPSA) is 52.9 Å². The van der Waals surface area contributed by atoms with Gasteiger partial charge < -0.3 is 19.8 Å². The number of aliphatic hydroxyl groups is 1. The molecule has 0 saturated carbocycles. The smallest absolute Gasteiger partial charge is 0.119 e. The first-order chi connectivity index (χ1) is 15.5. The Bertz CT molecular complexity index is 995. The summed E-state index contributed by atoms with van der Waals surface area (Å²) in [6.07, 6.45) is 0.340. The van der Waals surface area contributed by atoms with Crippen LogP contribution in [-0.2, 0) is 0 Å². The van der Waals surface area contributed by atoms with Crippen LogP contribution in [0.5, 0.6) is 11.5 Å². The fraction of sp³-hybridized carbons (Fsp3) is 0.286. The van der Waals surface area contributed by atoms with Crippen LogP contribution >= 0.6 is 0 Å². The lowest BCUT2D eigenvalue weighted by molar-refractivity contribution is 0.0779. The number of benzene rings is 3. The van der Waals surface area contributed by atoms with Crippen LogP contribution in [0.4, 0.5) is 0 Å². The first kappa shape index (κ1) is 23.6. The number of hydrogen-bond acceptors (Lipinski definition) is 4. The Morgan fingerprint density at radius 2 is 1.44 bits per heavy atom. The molecule has 0 fully saturated rings. The largest absolute Gasteiger partial charge is 0.508 e. The summed E-state index contributed by atoms with van der Waals surface area (Å²) in [5.41, 5.74) is 5.68. The van der Waals surface area contributed by atoms with Gasteiger partial charge >= 0.3 is 0 Å². The molecule has 1 atom stereocenters. The predicted octanol–water partition coefficient (Wildman–Crippen LogP) is 5.45. The summed E-state index contributed by atoms with van der Waals surface area (Å²) in [5.74, 6) is 0.983. The highest BCUT2D eigenvalue weighted by atomic mass is 16.5. The second-order valence-electron chi connectivity index (χ2n) is 7.96. The van der Waals surface area contributed by atoms with Gasteiger partial charge in [-0.15, -0.1) is 0 Å². The number of ether oxygens (including phenoxy) is 1. The van der Waals surface area contributed by atoms with Crippen LogP contribution in [0.15, 0.2) is 78.9 Å². The summed E-state index contributed by atoms with van der Waals surface area (Å²) >= 11 is 0. The van der Waals surface area contributed by atoms with Gasteiger partial charge in [-0.05, 0) is 72.1 Å². The lowest BCUT2D eigenvalue weighted by Crippen LogP contribution is -2.32. The highest BCUT2D eigenvalue weighted by molar-refractivity contribution is 5.98. The van der Waals surface area contributed by atoms with Crippen molar-refractivity contribution in [2.45, 2.75) is 26.4 Å².